The Bertz CT molecular complexity index is 1060. The topological polar surface area (TPSA) is 101 Å². The summed E-state index contributed by atoms with van der Waals surface area (Å²) in [4.78, 5) is 12.8. The third-order valence-corrected chi connectivity index (χ3v) is 7.60. The van der Waals surface area contributed by atoms with Crippen molar-refractivity contribution in [2.45, 2.75) is 31.2 Å². The van der Waals surface area contributed by atoms with Gasteiger partial charge in [-0.05, 0) is 55.3 Å². The first kappa shape index (κ1) is 22.9. The van der Waals surface area contributed by atoms with Gasteiger partial charge < -0.3 is 5.32 Å². The average Bonchev–Trinajstić information content (AvgIpc) is 2.70. The molecule has 2 aromatic carbocycles. The molecule has 9 heteroatoms. The molecule has 0 saturated carbocycles. The largest absolute Gasteiger partial charge is 0.345 e. The van der Waals surface area contributed by atoms with E-state index < -0.39 is 19.9 Å². The fourth-order valence-corrected chi connectivity index (χ4v) is 4.25. The molecule has 1 amide bonds. The van der Waals surface area contributed by atoms with E-state index in [1.165, 1.54) is 23.5 Å². The summed E-state index contributed by atoms with van der Waals surface area (Å²) in [6, 6.07) is 12.5. The van der Waals surface area contributed by atoms with Crippen LogP contribution in [0.5, 0.6) is 0 Å². The highest BCUT2D eigenvalue weighted by molar-refractivity contribution is 7.92. The molecule has 158 valence electrons. The lowest BCUT2D eigenvalue weighted by atomic mass is 10.0. The molecule has 0 aliphatic heterocycles. The van der Waals surface area contributed by atoms with Crippen molar-refractivity contribution in [2.75, 3.05) is 23.4 Å². The Morgan fingerprint density at radius 2 is 1.52 bits per heavy atom. The molecular formula is C20H26N2O5S2. The molecule has 0 spiro atoms. The molecule has 0 fully saturated rings. The first-order valence-electron chi connectivity index (χ1n) is 9.17. The van der Waals surface area contributed by atoms with Crippen LogP contribution < -0.4 is 9.62 Å². The van der Waals surface area contributed by atoms with Crippen LogP contribution in [0, 0.1) is 0 Å². The van der Waals surface area contributed by atoms with E-state index in [2.05, 4.69) is 5.32 Å². The number of sulfone groups is 1. The maximum Gasteiger partial charge on any atom is 0.251 e. The third-order valence-electron chi connectivity index (χ3n) is 4.70. The lowest BCUT2D eigenvalue weighted by Crippen LogP contribution is -2.29. The van der Waals surface area contributed by atoms with Crippen molar-refractivity contribution in [3.8, 4) is 0 Å². The summed E-state index contributed by atoms with van der Waals surface area (Å²) in [5.41, 5.74) is 1.69. The lowest BCUT2D eigenvalue weighted by Gasteiger charge is -2.20. The molecular weight excluding hydrogens is 412 g/mol. The Hall–Kier alpha value is -2.39. The first-order valence-corrected chi connectivity index (χ1v) is 12.7. The number of hydrogen-bond acceptors (Lipinski definition) is 5. The zero-order chi connectivity index (χ0) is 21.8. The third kappa shape index (κ3) is 5.57. The second-order valence-corrected chi connectivity index (χ2v) is 11.0. The van der Waals surface area contributed by atoms with E-state index in [-0.39, 0.29) is 22.6 Å². The monoisotopic (exact) mass is 438 g/mol. The summed E-state index contributed by atoms with van der Waals surface area (Å²) in [7, 11) is -5.17. The summed E-state index contributed by atoms with van der Waals surface area (Å²) in [6.07, 6.45) is 1.77. The summed E-state index contributed by atoms with van der Waals surface area (Å²) in [5, 5.41) is 2.93. The van der Waals surface area contributed by atoms with Crippen molar-refractivity contribution < 1.29 is 21.6 Å². The number of hydrogen-bond donors (Lipinski definition) is 1. The van der Waals surface area contributed by atoms with E-state index in [0.717, 1.165) is 11.8 Å². The Morgan fingerprint density at radius 1 is 0.966 bits per heavy atom. The van der Waals surface area contributed by atoms with Crippen LogP contribution in [-0.4, -0.2) is 41.8 Å². The number of nitrogens with one attached hydrogen (secondary N) is 1. The number of carbonyl (C=O) groups is 1. The number of sulfonamides is 1. The minimum absolute atomic E-state index is 0.0119. The standard InChI is InChI=1S/C20H26N2O5S2/c1-5-19(15-9-13-18(14-10-15)28(4,24)25)21-20(23)16-7-11-17(12-8-16)22(3)29(26,27)6-2/h7-14,19H,5-6H2,1-4H3,(H,21,23). The number of amides is 1. The smallest absolute Gasteiger partial charge is 0.251 e. The van der Waals surface area contributed by atoms with Gasteiger partial charge in [-0.3, -0.25) is 9.10 Å². The number of nitrogens with zero attached hydrogens (tertiary/aromatic N) is 1. The maximum atomic E-state index is 12.6. The number of anilines is 1. The van der Waals surface area contributed by atoms with Crippen LogP contribution in [0.3, 0.4) is 0 Å². The Morgan fingerprint density at radius 3 is 1.97 bits per heavy atom. The van der Waals surface area contributed by atoms with Crippen molar-refractivity contribution in [3.63, 3.8) is 0 Å². The Labute approximate surface area is 172 Å². The Balaban J connectivity index is 2.15. The van der Waals surface area contributed by atoms with E-state index in [1.807, 2.05) is 6.92 Å². The van der Waals surface area contributed by atoms with Crippen molar-refractivity contribution in [1.82, 2.24) is 5.32 Å². The zero-order valence-corrected chi connectivity index (χ0v) is 18.5. The molecule has 0 aliphatic carbocycles. The van der Waals surface area contributed by atoms with Gasteiger partial charge in [0.2, 0.25) is 10.0 Å². The molecule has 0 bridgehead atoms. The molecule has 1 N–H and O–H groups in total. The molecule has 0 radical (unpaired) electrons. The summed E-state index contributed by atoms with van der Waals surface area (Å²) in [6.45, 7) is 3.49. The molecule has 0 saturated heterocycles. The van der Waals surface area contributed by atoms with E-state index in [4.69, 9.17) is 0 Å². The van der Waals surface area contributed by atoms with Gasteiger partial charge >= 0.3 is 0 Å². The van der Waals surface area contributed by atoms with Gasteiger partial charge in [-0.2, -0.15) is 0 Å². The highest BCUT2D eigenvalue weighted by Gasteiger charge is 2.18. The fourth-order valence-electron chi connectivity index (χ4n) is 2.79. The molecule has 0 aromatic heterocycles. The quantitative estimate of drug-likeness (QED) is 0.683. The predicted octanol–water partition coefficient (Wildman–Crippen LogP) is 2.76. The van der Waals surface area contributed by atoms with Gasteiger partial charge in [0.15, 0.2) is 9.84 Å². The van der Waals surface area contributed by atoms with E-state index in [0.29, 0.717) is 17.7 Å². The van der Waals surface area contributed by atoms with Crippen molar-refractivity contribution >= 4 is 31.5 Å². The highest BCUT2D eigenvalue weighted by atomic mass is 32.2. The molecule has 2 rings (SSSR count). The number of benzene rings is 2. The van der Waals surface area contributed by atoms with Crippen LogP contribution in [0.15, 0.2) is 53.4 Å². The second-order valence-electron chi connectivity index (χ2n) is 6.69. The zero-order valence-electron chi connectivity index (χ0n) is 16.9. The van der Waals surface area contributed by atoms with E-state index >= 15 is 0 Å². The predicted molar refractivity (Wildman–Crippen MR) is 114 cm³/mol. The lowest BCUT2D eigenvalue weighted by molar-refractivity contribution is 0.0935. The molecule has 1 unspecified atom stereocenters. The van der Waals surface area contributed by atoms with E-state index in [1.54, 1.807) is 43.3 Å². The van der Waals surface area contributed by atoms with Crippen LogP contribution in [0.25, 0.3) is 0 Å². The summed E-state index contributed by atoms with van der Waals surface area (Å²) < 4.78 is 48.3. The van der Waals surface area contributed by atoms with Crippen molar-refractivity contribution in [1.29, 1.82) is 0 Å². The molecule has 1 atom stereocenters. The van der Waals surface area contributed by atoms with Crippen LogP contribution >= 0.6 is 0 Å². The molecule has 0 heterocycles. The number of carbonyl (C=O) groups excluding carboxylic acids is 1. The fraction of sp³-hybridized carbons (Fsp3) is 0.350. The van der Waals surface area contributed by atoms with Gasteiger partial charge in [0.1, 0.15) is 0 Å². The normalized spacial score (nSPS) is 13.0. The van der Waals surface area contributed by atoms with Gasteiger partial charge in [-0.15, -0.1) is 0 Å². The first-order chi connectivity index (χ1) is 13.5. The maximum absolute atomic E-state index is 12.6. The average molecular weight is 439 g/mol. The summed E-state index contributed by atoms with van der Waals surface area (Å²) >= 11 is 0. The van der Waals surface area contributed by atoms with E-state index in [9.17, 15) is 21.6 Å². The van der Waals surface area contributed by atoms with Gasteiger partial charge in [-0.25, -0.2) is 16.8 Å². The van der Waals surface area contributed by atoms with Gasteiger partial charge in [0, 0.05) is 18.9 Å². The molecule has 2 aromatic rings. The molecule has 29 heavy (non-hydrogen) atoms. The molecule has 0 aliphatic rings. The van der Waals surface area contributed by atoms with Gasteiger partial charge in [0.05, 0.1) is 22.4 Å². The van der Waals surface area contributed by atoms with Crippen LogP contribution in [0.1, 0.15) is 42.2 Å². The highest BCUT2D eigenvalue weighted by Crippen LogP contribution is 2.21. The second kappa shape index (κ2) is 8.96. The Kier molecular flexibility index (Phi) is 7.07. The minimum atomic E-state index is -3.37. The van der Waals surface area contributed by atoms with Crippen LogP contribution in [-0.2, 0) is 19.9 Å². The van der Waals surface area contributed by atoms with Gasteiger partial charge in [-0.1, -0.05) is 19.1 Å². The summed E-state index contributed by atoms with van der Waals surface area (Å²) in [5.74, 6) is -0.307. The van der Waals surface area contributed by atoms with Crippen LogP contribution in [0.4, 0.5) is 5.69 Å². The van der Waals surface area contributed by atoms with Crippen molar-refractivity contribution in [2.24, 2.45) is 0 Å². The molecule has 7 nitrogen and oxygen atoms in total. The van der Waals surface area contributed by atoms with Crippen molar-refractivity contribution in [3.05, 3.63) is 59.7 Å². The minimum Gasteiger partial charge on any atom is -0.345 e. The van der Waals surface area contributed by atoms with Crippen LogP contribution in [0.2, 0.25) is 0 Å². The SMILES string of the molecule is CCC(NC(=O)c1ccc(N(C)S(=O)(=O)CC)cc1)c1ccc(S(C)(=O)=O)cc1. The van der Waals surface area contributed by atoms with Gasteiger partial charge in [0.25, 0.3) is 5.91 Å². The number of rotatable bonds is 8.